The molecule has 2 aliphatic heterocycles. The van der Waals surface area contributed by atoms with Gasteiger partial charge in [0.2, 0.25) is 11.7 Å². The number of piperidine rings is 1. The van der Waals surface area contributed by atoms with Crippen LogP contribution in [0.15, 0.2) is 18.2 Å². The molecule has 1 aromatic carbocycles. The summed E-state index contributed by atoms with van der Waals surface area (Å²) in [5, 5.41) is 0. The lowest BCUT2D eigenvalue weighted by Crippen LogP contribution is -2.44. The van der Waals surface area contributed by atoms with Gasteiger partial charge in [-0.2, -0.15) is 0 Å². The van der Waals surface area contributed by atoms with E-state index in [4.69, 9.17) is 18.9 Å². The van der Waals surface area contributed by atoms with Gasteiger partial charge >= 0.3 is 0 Å². The van der Waals surface area contributed by atoms with Crippen LogP contribution in [-0.2, 0) is 9.53 Å². The van der Waals surface area contributed by atoms with E-state index in [9.17, 15) is 4.79 Å². The first-order valence-electron chi connectivity index (χ1n) is 8.66. The number of methoxy groups -OCH3 is 3. The standard InChI is InChI=1S/C19H25NO5S/c1-22-15-12-14(13-16(23-2)18(15)24-3)4-5-17(21)20-8-6-19(7-9-20)25-10-11-26-19/h4-5,12-13H,6-11H2,1-3H3/b5-4+. The molecule has 0 radical (unpaired) electrons. The lowest BCUT2D eigenvalue weighted by molar-refractivity contribution is -0.128. The molecule has 0 bridgehead atoms. The first kappa shape index (κ1) is 18.9. The average molecular weight is 379 g/mol. The van der Waals surface area contributed by atoms with Crippen molar-refractivity contribution in [1.29, 1.82) is 0 Å². The van der Waals surface area contributed by atoms with E-state index in [0.717, 1.165) is 43.9 Å². The van der Waals surface area contributed by atoms with Crippen LogP contribution in [0.3, 0.4) is 0 Å². The lowest BCUT2D eigenvalue weighted by atomic mass is 10.1. The Balaban J connectivity index is 1.67. The van der Waals surface area contributed by atoms with Crippen molar-refractivity contribution in [2.45, 2.75) is 17.8 Å². The van der Waals surface area contributed by atoms with Crippen molar-refractivity contribution in [2.75, 3.05) is 46.8 Å². The smallest absolute Gasteiger partial charge is 0.246 e. The predicted octanol–water partition coefficient (Wildman–Crippen LogP) is 2.81. The number of benzene rings is 1. The van der Waals surface area contributed by atoms with E-state index >= 15 is 0 Å². The molecule has 7 heteroatoms. The molecule has 0 atom stereocenters. The van der Waals surface area contributed by atoms with Gasteiger partial charge in [-0.3, -0.25) is 4.79 Å². The zero-order chi connectivity index (χ0) is 18.6. The van der Waals surface area contributed by atoms with Crippen LogP contribution in [0, 0.1) is 0 Å². The van der Waals surface area contributed by atoms with Gasteiger partial charge < -0.3 is 23.8 Å². The van der Waals surface area contributed by atoms with E-state index in [1.165, 1.54) is 0 Å². The second kappa shape index (κ2) is 8.22. The highest BCUT2D eigenvalue weighted by atomic mass is 32.2. The van der Waals surface area contributed by atoms with Crippen LogP contribution in [0.4, 0.5) is 0 Å². The summed E-state index contributed by atoms with van der Waals surface area (Å²) >= 11 is 1.88. The molecule has 2 aliphatic rings. The molecule has 142 valence electrons. The molecule has 2 heterocycles. The van der Waals surface area contributed by atoms with Gasteiger partial charge in [0.15, 0.2) is 11.5 Å². The third kappa shape index (κ3) is 3.94. The van der Waals surface area contributed by atoms with Gasteiger partial charge in [-0.1, -0.05) is 0 Å². The minimum atomic E-state index is -0.0583. The monoisotopic (exact) mass is 379 g/mol. The predicted molar refractivity (Wildman–Crippen MR) is 102 cm³/mol. The molecule has 0 N–H and O–H groups in total. The Kier molecular flexibility index (Phi) is 5.98. The third-order valence-electron chi connectivity index (χ3n) is 4.76. The molecule has 0 unspecified atom stereocenters. The van der Waals surface area contributed by atoms with Crippen molar-refractivity contribution in [2.24, 2.45) is 0 Å². The minimum Gasteiger partial charge on any atom is -0.493 e. The maximum atomic E-state index is 12.5. The summed E-state index contributed by atoms with van der Waals surface area (Å²) < 4.78 is 21.9. The SMILES string of the molecule is COc1cc(/C=C/C(=O)N2CCC3(CC2)OCCS3)cc(OC)c1OC. The highest BCUT2D eigenvalue weighted by Crippen LogP contribution is 2.41. The molecule has 1 aromatic rings. The van der Waals surface area contributed by atoms with Crippen LogP contribution < -0.4 is 14.2 Å². The van der Waals surface area contributed by atoms with Gasteiger partial charge in [0.1, 0.15) is 4.93 Å². The van der Waals surface area contributed by atoms with Gasteiger partial charge in [0.05, 0.1) is 27.9 Å². The van der Waals surface area contributed by atoms with Gasteiger partial charge in [-0.25, -0.2) is 0 Å². The Morgan fingerprint density at radius 2 is 1.81 bits per heavy atom. The molecular weight excluding hydrogens is 354 g/mol. The second-order valence-corrected chi connectivity index (χ2v) is 7.67. The number of carbonyl (C=O) groups excluding carboxylic acids is 1. The summed E-state index contributed by atoms with van der Waals surface area (Å²) in [6, 6.07) is 3.64. The van der Waals surface area contributed by atoms with E-state index < -0.39 is 0 Å². The van der Waals surface area contributed by atoms with Crippen molar-refractivity contribution in [3.63, 3.8) is 0 Å². The summed E-state index contributed by atoms with van der Waals surface area (Å²) in [5.74, 6) is 2.73. The van der Waals surface area contributed by atoms with Crippen LogP contribution >= 0.6 is 11.8 Å². The first-order chi connectivity index (χ1) is 12.6. The summed E-state index contributed by atoms with van der Waals surface area (Å²) in [5.41, 5.74) is 0.816. The van der Waals surface area contributed by atoms with Crippen LogP contribution in [0.5, 0.6) is 17.2 Å². The first-order valence-corrected chi connectivity index (χ1v) is 9.64. The van der Waals surface area contributed by atoms with Crippen LogP contribution in [-0.4, -0.2) is 62.5 Å². The van der Waals surface area contributed by atoms with E-state index in [1.54, 1.807) is 33.5 Å². The molecule has 26 heavy (non-hydrogen) atoms. The number of hydrogen-bond acceptors (Lipinski definition) is 6. The zero-order valence-electron chi connectivity index (χ0n) is 15.4. The van der Waals surface area contributed by atoms with Crippen LogP contribution in [0.25, 0.3) is 6.08 Å². The highest BCUT2D eigenvalue weighted by molar-refractivity contribution is 8.00. The van der Waals surface area contributed by atoms with Crippen molar-refractivity contribution in [1.82, 2.24) is 4.90 Å². The second-order valence-electron chi connectivity index (χ2n) is 6.22. The molecule has 0 aromatic heterocycles. The number of nitrogens with zero attached hydrogens (tertiary/aromatic N) is 1. The maximum absolute atomic E-state index is 12.5. The van der Waals surface area contributed by atoms with Crippen LogP contribution in [0.1, 0.15) is 18.4 Å². The number of carbonyl (C=O) groups is 1. The minimum absolute atomic E-state index is 0.0107. The number of rotatable bonds is 5. The van der Waals surface area contributed by atoms with E-state index in [0.29, 0.717) is 17.2 Å². The third-order valence-corrected chi connectivity index (χ3v) is 6.18. The van der Waals surface area contributed by atoms with E-state index in [2.05, 4.69) is 0 Å². The summed E-state index contributed by atoms with van der Waals surface area (Å²) in [6.45, 7) is 2.27. The van der Waals surface area contributed by atoms with Gasteiger partial charge in [0.25, 0.3) is 0 Å². The fraction of sp³-hybridized carbons (Fsp3) is 0.526. The van der Waals surface area contributed by atoms with Crippen molar-refractivity contribution >= 4 is 23.7 Å². The number of thioether (sulfide) groups is 1. The zero-order valence-corrected chi connectivity index (χ0v) is 16.3. The van der Waals surface area contributed by atoms with Crippen molar-refractivity contribution in [3.8, 4) is 17.2 Å². The molecule has 1 amide bonds. The molecule has 3 rings (SSSR count). The normalized spacial score (nSPS) is 19.1. The van der Waals surface area contributed by atoms with E-state index in [-0.39, 0.29) is 10.8 Å². The van der Waals surface area contributed by atoms with Crippen LogP contribution in [0.2, 0.25) is 0 Å². The number of hydrogen-bond donors (Lipinski definition) is 0. The topological polar surface area (TPSA) is 57.2 Å². The lowest BCUT2D eigenvalue weighted by Gasteiger charge is -2.37. The summed E-state index contributed by atoms with van der Waals surface area (Å²) in [7, 11) is 4.71. The Morgan fingerprint density at radius 1 is 1.15 bits per heavy atom. The molecular formula is C19H25NO5S. The van der Waals surface area contributed by atoms with Crippen molar-refractivity contribution < 1.29 is 23.7 Å². The Labute approximate surface area is 158 Å². The fourth-order valence-corrected chi connectivity index (χ4v) is 4.50. The van der Waals surface area contributed by atoms with E-state index in [1.807, 2.05) is 28.8 Å². The fourth-order valence-electron chi connectivity index (χ4n) is 3.32. The Bertz CT molecular complexity index is 650. The Hall–Kier alpha value is -1.86. The highest BCUT2D eigenvalue weighted by Gasteiger charge is 2.39. The maximum Gasteiger partial charge on any atom is 0.246 e. The average Bonchev–Trinajstić information content (AvgIpc) is 3.13. The number of likely N-dealkylation sites (tertiary alicyclic amines) is 1. The van der Waals surface area contributed by atoms with Crippen molar-refractivity contribution in [3.05, 3.63) is 23.8 Å². The summed E-state index contributed by atoms with van der Waals surface area (Å²) in [6.07, 6.45) is 5.15. The summed E-state index contributed by atoms with van der Waals surface area (Å²) in [4.78, 5) is 14.3. The largest absolute Gasteiger partial charge is 0.493 e. The number of ether oxygens (including phenoxy) is 4. The Morgan fingerprint density at radius 3 is 2.31 bits per heavy atom. The quantitative estimate of drug-likeness (QED) is 0.734. The van der Waals surface area contributed by atoms with Gasteiger partial charge in [0, 0.05) is 37.8 Å². The van der Waals surface area contributed by atoms with Gasteiger partial charge in [-0.15, -0.1) is 11.8 Å². The molecule has 0 saturated carbocycles. The molecule has 1 spiro atoms. The molecule has 2 saturated heterocycles. The molecule has 6 nitrogen and oxygen atoms in total. The number of amides is 1. The molecule has 0 aliphatic carbocycles. The molecule has 2 fully saturated rings. The van der Waals surface area contributed by atoms with Gasteiger partial charge in [-0.05, 0) is 23.8 Å².